The van der Waals surface area contributed by atoms with Gasteiger partial charge in [0.05, 0.1) is 0 Å². The first-order valence-electron chi connectivity index (χ1n) is 7.08. The Morgan fingerprint density at radius 1 is 0.389 bits per heavy atom. The summed E-state index contributed by atoms with van der Waals surface area (Å²) < 4.78 is 0. The van der Waals surface area contributed by atoms with Gasteiger partial charge < -0.3 is 11.5 Å². The summed E-state index contributed by atoms with van der Waals surface area (Å²) in [5.74, 6) is 0. The molecule has 0 saturated heterocycles. The van der Waals surface area contributed by atoms with Crippen LogP contribution in [0, 0.1) is 21.7 Å². The Bertz CT molecular complexity index is 240. The van der Waals surface area contributed by atoms with Crippen LogP contribution in [0.4, 0.5) is 0 Å². The molecule has 2 heteroatoms. The van der Waals surface area contributed by atoms with Gasteiger partial charge in [0, 0.05) is 11.1 Å². The van der Waals surface area contributed by atoms with Crippen LogP contribution < -0.4 is 11.5 Å². The zero-order chi connectivity index (χ0) is 15.0. The van der Waals surface area contributed by atoms with Gasteiger partial charge in [-0.3, -0.25) is 0 Å². The lowest BCUT2D eigenvalue weighted by atomic mass is 9.32. The van der Waals surface area contributed by atoms with Crippen LogP contribution in [0.1, 0.15) is 69.2 Å². The average molecular weight is 254 g/mol. The molecule has 1 rings (SSSR count). The van der Waals surface area contributed by atoms with E-state index >= 15 is 0 Å². The summed E-state index contributed by atoms with van der Waals surface area (Å²) in [6.45, 7) is 22.6. The van der Waals surface area contributed by atoms with E-state index in [4.69, 9.17) is 11.5 Å². The van der Waals surface area contributed by atoms with Gasteiger partial charge in [0.25, 0.3) is 0 Å². The van der Waals surface area contributed by atoms with E-state index < -0.39 is 0 Å². The molecule has 18 heavy (non-hydrogen) atoms. The summed E-state index contributed by atoms with van der Waals surface area (Å²) in [5.41, 5.74) is 12.9. The van der Waals surface area contributed by atoms with Gasteiger partial charge in [-0.1, -0.05) is 55.4 Å². The Balaban J connectivity index is 3.72. The molecule has 0 amide bonds. The topological polar surface area (TPSA) is 52.0 Å². The van der Waals surface area contributed by atoms with E-state index in [1.807, 2.05) is 0 Å². The molecule has 0 aromatic heterocycles. The molecule has 0 unspecified atom stereocenters. The minimum atomic E-state index is -0.286. The number of nitrogens with two attached hydrogens (primary N) is 2. The van der Waals surface area contributed by atoms with Crippen LogP contribution in [-0.2, 0) is 0 Å². The zero-order valence-electron chi connectivity index (χ0n) is 14.2. The third-order valence-corrected chi connectivity index (χ3v) is 8.32. The predicted molar refractivity (Wildman–Crippen MR) is 80.3 cm³/mol. The van der Waals surface area contributed by atoms with Gasteiger partial charge >= 0.3 is 0 Å². The van der Waals surface area contributed by atoms with E-state index in [-0.39, 0.29) is 32.7 Å². The molecule has 0 heterocycles. The van der Waals surface area contributed by atoms with Crippen LogP contribution in [0.15, 0.2) is 0 Å². The van der Waals surface area contributed by atoms with Gasteiger partial charge in [-0.05, 0) is 35.5 Å². The van der Waals surface area contributed by atoms with Crippen molar-refractivity contribution in [2.75, 3.05) is 0 Å². The van der Waals surface area contributed by atoms with Crippen molar-refractivity contribution in [2.24, 2.45) is 33.1 Å². The number of hydrogen-bond acceptors (Lipinski definition) is 2. The first-order chi connectivity index (χ1) is 7.50. The average Bonchev–Trinajstić information content (AvgIpc) is 2.14. The lowest BCUT2D eigenvalue weighted by molar-refractivity contribution is -0.217. The molecule has 1 aliphatic carbocycles. The highest BCUT2D eigenvalue weighted by Gasteiger charge is 2.72. The highest BCUT2D eigenvalue weighted by atomic mass is 15.0. The highest BCUT2D eigenvalue weighted by molar-refractivity contribution is 5.27. The van der Waals surface area contributed by atoms with Gasteiger partial charge in [-0.25, -0.2) is 0 Å². The van der Waals surface area contributed by atoms with E-state index in [1.165, 1.54) is 0 Å². The maximum Gasteiger partial charge on any atom is 0.0240 e. The second kappa shape index (κ2) is 3.32. The third-order valence-electron chi connectivity index (χ3n) is 8.32. The van der Waals surface area contributed by atoms with Crippen molar-refractivity contribution >= 4 is 0 Å². The molecule has 1 fully saturated rings. The standard InChI is InChI=1S/C16H34N2/c1-11(2)12(3,4)16(10,18)14(7,8)13(5,6)15(11,9)17/h17-18H2,1-10H3. The van der Waals surface area contributed by atoms with Crippen LogP contribution in [-0.4, -0.2) is 11.1 Å². The molecule has 0 aromatic carbocycles. The summed E-state index contributed by atoms with van der Waals surface area (Å²) in [4.78, 5) is 0. The largest absolute Gasteiger partial charge is 0.324 e. The summed E-state index contributed by atoms with van der Waals surface area (Å²) in [5, 5.41) is 0. The van der Waals surface area contributed by atoms with E-state index in [0.29, 0.717) is 0 Å². The maximum atomic E-state index is 6.85. The molecular weight excluding hydrogens is 220 g/mol. The quantitative estimate of drug-likeness (QED) is 0.694. The predicted octanol–water partition coefficient (Wildman–Crippen LogP) is 3.54. The fourth-order valence-electron chi connectivity index (χ4n) is 4.16. The summed E-state index contributed by atoms with van der Waals surface area (Å²) in [6.07, 6.45) is 0. The SMILES string of the molecule is CC1(C)C(C)(C)C(C)(N)C(C)(C)C(C)(C)C1(C)N. The normalized spacial score (nSPS) is 44.7. The van der Waals surface area contributed by atoms with Gasteiger partial charge in [0.2, 0.25) is 0 Å². The monoisotopic (exact) mass is 254 g/mol. The summed E-state index contributed by atoms with van der Waals surface area (Å²) in [6, 6.07) is 0. The van der Waals surface area contributed by atoms with Crippen molar-refractivity contribution in [1.29, 1.82) is 0 Å². The van der Waals surface area contributed by atoms with E-state index in [9.17, 15) is 0 Å². The van der Waals surface area contributed by atoms with Gasteiger partial charge in [0.1, 0.15) is 0 Å². The Morgan fingerprint density at radius 2 is 0.500 bits per heavy atom. The molecule has 0 radical (unpaired) electrons. The molecule has 0 atom stereocenters. The lowest BCUT2D eigenvalue weighted by Gasteiger charge is -2.75. The van der Waals surface area contributed by atoms with Crippen molar-refractivity contribution in [3.63, 3.8) is 0 Å². The van der Waals surface area contributed by atoms with Crippen molar-refractivity contribution in [1.82, 2.24) is 0 Å². The van der Waals surface area contributed by atoms with Gasteiger partial charge in [0.15, 0.2) is 0 Å². The van der Waals surface area contributed by atoms with Crippen LogP contribution >= 0.6 is 0 Å². The van der Waals surface area contributed by atoms with Crippen LogP contribution in [0.3, 0.4) is 0 Å². The van der Waals surface area contributed by atoms with Crippen LogP contribution in [0.5, 0.6) is 0 Å². The molecule has 0 aromatic rings. The Morgan fingerprint density at radius 3 is 0.611 bits per heavy atom. The first kappa shape index (κ1) is 16.0. The van der Waals surface area contributed by atoms with Gasteiger partial charge in [-0.15, -0.1) is 0 Å². The highest BCUT2D eigenvalue weighted by Crippen LogP contribution is 2.70. The van der Waals surface area contributed by atoms with Crippen LogP contribution in [0.25, 0.3) is 0 Å². The molecule has 2 nitrogen and oxygen atoms in total. The molecule has 0 aliphatic heterocycles. The molecule has 1 aliphatic rings. The maximum absolute atomic E-state index is 6.85. The fraction of sp³-hybridized carbons (Fsp3) is 1.00. The van der Waals surface area contributed by atoms with Crippen molar-refractivity contribution in [2.45, 2.75) is 80.3 Å². The fourth-order valence-corrected chi connectivity index (χ4v) is 4.16. The van der Waals surface area contributed by atoms with E-state index in [2.05, 4.69) is 69.2 Å². The summed E-state index contributed by atoms with van der Waals surface area (Å²) in [7, 11) is 0. The summed E-state index contributed by atoms with van der Waals surface area (Å²) >= 11 is 0. The second-order valence-corrected chi connectivity index (χ2v) is 8.90. The zero-order valence-corrected chi connectivity index (χ0v) is 14.2. The Labute approximate surface area is 114 Å². The smallest absolute Gasteiger partial charge is 0.0240 e. The first-order valence-corrected chi connectivity index (χ1v) is 7.08. The minimum absolute atomic E-state index is 0.0531. The van der Waals surface area contributed by atoms with E-state index in [1.54, 1.807) is 0 Å². The van der Waals surface area contributed by atoms with Crippen molar-refractivity contribution in [3.05, 3.63) is 0 Å². The molecule has 0 spiro atoms. The Kier molecular flexibility index (Phi) is 2.95. The number of hydrogen-bond donors (Lipinski definition) is 2. The van der Waals surface area contributed by atoms with Crippen molar-refractivity contribution in [3.8, 4) is 0 Å². The Hall–Kier alpha value is -0.0800. The third kappa shape index (κ3) is 1.22. The molecule has 0 bridgehead atoms. The minimum Gasteiger partial charge on any atom is -0.324 e. The lowest BCUT2D eigenvalue weighted by Crippen LogP contribution is -2.83. The van der Waals surface area contributed by atoms with Gasteiger partial charge in [-0.2, -0.15) is 0 Å². The molecule has 1 saturated carbocycles. The molecule has 4 N–H and O–H groups in total. The van der Waals surface area contributed by atoms with Crippen molar-refractivity contribution < 1.29 is 0 Å². The second-order valence-electron chi connectivity index (χ2n) is 8.90. The van der Waals surface area contributed by atoms with E-state index in [0.717, 1.165) is 0 Å². The number of rotatable bonds is 0. The molecular formula is C16H34N2. The molecule has 108 valence electrons. The van der Waals surface area contributed by atoms with Crippen LogP contribution in [0.2, 0.25) is 0 Å².